The SMILES string of the molecule is CCNC(=O)CC(=O)c1cc[nH]n1. The summed E-state index contributed by atoms with van der Waals surface area (Å²) in [6.45, 7) is 2.34. The van der Waals surface area contributed by atoms with E-state index >= 15 is 0 Å². The fourth-order valence-corrected chi connectivity index (χ4v) is 0.912. The summed E-state index contributed by atoms with van der Waals surface area (Å²) in [5.41, 5.74) is 0.297. The van der Waals surface area contributed by atoms with Crippen molar-refractivity contribution in [3.63, 3.8) is 0 Å². The van der Waals surface area contributed by atoms with Gasteiger partial charge in [0.15, 0.2) is 5.78 Å². The van der Waals surface area contributed by atoms with Crippen LogP contribution in [-0.2, 0) is 4.79 Å². The molecule has 0 radical (unpaired) electrons. The molecule has 0 aliphatic carbocycles. The van der Waals surface area contributed by atoms with Crippen LogP contribution in [0.1, 0.15) is 23.8 Å². The average molecular weight is 181 g/mol. The molecule has 0 unspecified atom stereocenters. The zero-order chi connectivity index (χ0) is 9.68. The normalized spacial score (nSPS) is 9.62. The molecular formula is C8H11N3O2. The van der Waals surface area contributed by atoms with Gasteiger partial charge in [0.25, 0.3) is 0 Å². The van der Waals surface area contributed by atoms with Crippen LogP contribution >= 0.6 is 0 Å². The first kappa shape index (κ1) is 9.44. The van der Waals surface area contributed by atoms with Crippen molar-refractivity contribution in [2.45, 2.75) is 13.3 Å². The number of nitrogens with zero attached hydrogens (tertiary/aromatic N) is 1. The molecule has 1 aromatic heterocycles. The van der Waals surface area contributed by atoms with E-state index in [2.05, 4.69) is 15.5 Å². The number of hydrogen-bond acceptors (Lipinski definition) is 3. The minimum Gasteiger partial charge on any atom is -0.356 e. The highest BCUT2D eigenvalue weighted by molar-refractivity contribution is 6.06. The number of H-pyrrole nitrogens is 1. The van der Waals surface area contributed by atoms with E-state index in [4.69, 9.17) is 0 Å². The van der Waals surface area contributed by atoms with E-state index in [0.29, 0.717) is 12.2 Å². The first-order chi connectivity index (χ1) is 6.24. The van der Waals surface area contributed by atoms with Gasteiger partial charge >= 0.3 is 0 Å². The summed E-state index contributed by atoms with van der Waals surface area (Å²) in [5, 5.41) is 8.73. The Labute approximate surface area is 75.5 Å². The van der Waals surface area contributed by atoms with Gasteiger partial charge in [0.2, 0.25) is 5.91 Å². The third-order valence-electron chi connectivity index (χ3n) is 1.48. The third kappa shape index (κ3) is 2.70. The summed E-state index contributed by atoms with van der Waals surface area (Å²) in [5.74, 6) is -0.539. The van der Waals surface area contributed by atoms with Crippen LogP contribution in [0.15, 0.2) is 12.3 Å². The summed E-state index contributed by atoms with van der Waals surface area (Å²) in [6.07, 6.45) is 1.41. The van der Waals surface area contributed by atoms with Crippen molar-refractivity contribution in [3.8, 4) is 0 Å². The van der Waals surface area contributed by atoms with Crippen LogP contribution in [0.4, 0.5) is 0 Å². The minimum atomic E-state index is -0.271. The smallest absolute Gasteiger partial charge is 0.227 e. The number of Topliss-reactive ketones (excluding diaryl/α,β-unsaturated/α-hetero) is 1. The zero-order valence-electron chi connectivity index (χ0n) is 7.33. The Morgan fingerprint density at radius 2 is 2.38 bits per heavy atom. The summed E-state index contributed by atoms with van der Waals surface area (Å²) in [4.78, 5) is 22.2. The highest BCUT2D eigenvalue weighted by Crippen LogP contribution is 1.97. The number of nitrogens with one attached hydrogen (secondary N) is 2. The van der Waals surface area contributed by atoms with Gasteiger partial charge in [-0.3, -0.25) is 14.7 Å². The Morgan fingerprint density at radius 1 is 1.62 bits per heavy atom. The molecule has 70 valence electrons. The highest BCUT2D eigenvalue weighted by Gasteiger charge is 2.12. The van der Waals surface area contributed by atoms with Crippen LogP contribution in [0.5, 0.6) is 0 Å². The predicted octanol–water partition coefficient (Wildman–Crippen LogP) is 0.119. The van der Waals surface area contributed by atoms with Crippen LogP contribution in [0.2, 0.25) is 0 Å². The van der Waals surface area contributed by atoms with Crippen molar-refractivity contribution >= 4 is 11.7 Å². The number of carbonyl (C=O) groups excluding carboxylic acids is 2. The van der Waals surface area contributed by atoms with E-state index < -0.39 is 0 Å². The van der Waals surface area contributed by atoms with Gasteiger partial charge in [-0.2, -0.15) is 5.10 Å². The molecule has 0 spiro atoms. The molecule has 0 aliphatic rings. The van der Waals surface area contributed by atoms with E-state index in [9.17, 15) is 9.59 Å². The number of aromatic amines is 1. The first-order valence-electron chi connectivity index (χ1n) is 4.03. The van der Waals surface area contributed by atoms with Crippen LogP contribution in [0, 0.1) is 0 Å². The maximum atomic E-state index is 11.2. The molecule has 0 saturated heterocycles. The molecule has 1 heterocycles. The van der Waals surface area contributed by atoms with E-state index in [1.54, 1.807) is 19.2 Å². The van der Waals surface area contributed by atoms with Crippen molar-refractivity contribution in [1.82, 2.24) is 15.5 Å². The Balaban J connectivity index is 2.47. The Kier molecular flexibility index (Phi) is 3.19. The van der Waals surface area contributed by atoms with Gasteiger partial charge in [-0.05, 0) is 13.0 Å². The molecule has 1 amide bonds. The summed E-state index contributed by atoms with van der Waals surface area (Å²) in [6, 6.07) is 1.54. The molecule has 0 fully saturated rings. The van der Waals surface area contributed by atoms with Crippen LogP contribution in [0.3, 0.4) is 0 Å². The predicted molar refractivity (Wildman–Crippen MR) is 46.2 cm³/mol. The molecule has 2 N–H and O–H groups in total. The largest absolute Gasteiger partial charge is 0.356 e. The molecule has 1 rings (SSSR count). The van der Waals surface area contributed by atoms with Gasteiger partial charge in [0, 0.05) is 12.7 Å². The lowest BCUT2D eigenvalue weighted by Gasteiger charge is -1.98. The van der Waals surface area contributed by atoms with Crippen molar-refractivity contribution in [1.29, 1.82) is 0 Å². The molecule has 0 atom stereocenters. The Bertz CT molecular complexity index is 292. The van der Waals surface area contributed by atoms with Gasteiger partial charge < -0.3 is 5.32 Å². The fraction of sp³-hybridized carbons (Fsp3) is 0.375. The quantitative estimate of drug-likeness (QED) is 0.511. The van der Waals surface area contributed by atoms with Crippen molar-refractivity contribution in [2.75, 3.05) is 6.54 Å². The maximum absolute atomic E-state index is 11.2. The zero-order valence-corrected chi connectivity index (χ0v) is 7.33. The van der Waals surface area contributed by atoms with Gasteiger partial charge in [-0.15, -0.1) is 0 Å². The lowest BCUT2D eigenvalue weighted by atomic mass is 10.2. The minimum absolute atomic E-state index is 0.140. The summed E-state index contributed by atoms with van der Waals surface area (Å²) >= 11 is 0. The van der Waals surface area contributed by atoms with Crippen molar-refractivity contribution in [3.05, 3.63) is 18.0 Å². The summed E-state index contributed by atoms with van der Waals surface area (Å²) in [7, 11) is 0. The van der Waals surface area contributed by atoms with Gasteiger partial charge in [0.1, 0.15) is 5.69 Å². The third-order valence-corrected chi connectivity index (χ3v) is 1.48. The highest BCUT2D eigenvalue weighted by atomic mass is 16.2. The Hall–Kier alpha value is -1.65. The lowest BCUT2D eigenvalue weighted by Crippen LogP contribution is -2.25. The van der Waals surface area contributed by atoms with Crippen LogP contribution in [0.25, 0.3) is 0 Å². The number of rotatable bonds is 4. The van der Waals surface area contributed by atoms with Crippen LogP contribution in [-0.4, -0.2) is 28.4 Å². The van der Waals surface area contributed by atoms with Gasteiger partial charge in [0.05, 0.1) is 6.42 Å². The second kappa shape index (κ2) is 4.39. The molecule has 1 aromatic rings. The molecule has 13 heavy (non-hydrogen) atoms. The molecule has 0 bridgehead atoms. The number of amides is 1. The molecule has 0 saturated carbocycles. The maximum Gasteiger partial charge on any atom is 0.227 e. The van der Waals surface area contributed by atoms with Gasteiger partial charge in [-0.1, -0.05) is 0 Å². The topological polar surface area (TPSA) is 74.8 Å². The van der Waals surface area contributed by atoms with Crippen molar-refractivity contribution in [2.24, 2.45) is 0 Å². The van der Waals surface area contributed by atoms with E-state index in [1.807, 2.05) is 0 Å². The van der Waals surface area contributed by atoms with Gasteiger partial charge in [-0.25, -0.2) is 0 Å². The second-order valence-corrected chi connectivity index (χ2v) is 2.51. The molecule has 0 aromatic carbocycles. The first-order valence-corrected chi connectivity index (χ1v) is 4.03. The lowest BCUT2D eigenvalue weighted by molar-refractivity contribution is -0.120. The summed E-state index contributed by atoms with van der Waals surface area (Å²) < 4.78 is 0. The monoisotopic (exact) mass is 181 g/mol. The molecular weight excluding hydrogens is 170 g/mol. The standard InChI is InChI=1S/C8H11N3O2/c1-2-9-8(13)5-7(12)6-3-4-10-11-6/h3-4H,2,5H2,1H3,(H,9,13)(H,10,11). The van der Waals surface area contributed by atoms with Crippen LogP contribution < -0.4 is 5.32 Å². The average Bonchev–Trinajstić information content (AvgIpc) is 2.55. The second-order valence-electron chi connectivity index (χ2n) is 2.51. The molecule has 0 aliphatic heterocycles. The van der Waals surface area contributed by atoms with E-state index in [-0.39, 0.29) is 18.1 Å². The fourth-order valence-electron chi connectivity index (χ4n) is 0.912. The number of hydrogen-bond donors (Lipinski definition) is 2. The van der Waals surface area contributed by atoms with E-state index in [0.717, 1.165) is 0 Å². The molecule has 5 nitrogen and oxygen atoms in total. The number of ketones is 1. The number of aromatic nitrogens is 2. The molecule has 5 heteroatoms. The number of carbonyl (C=O) groups is 2. The van der Waals surface area contributed by atoms with E-state index in [1.165, 1.54) is 0 Å². The van der Waals surface area contributed by atoms with Crippen molar-refractivity contribution < 1.29 is 9.59 Å². The Morgan fingerprint density at radius 3 is 2.92 bits per heavy atom.